The van der Waals surface area contributed by atoms with Crippen molar-refractivity contribution in [1.29, 1.82) is 0 Å². The Morgan fingerprint density at radius 3 is 2.70 bits per heavy atom. The second kappa shape index (κ2) is 8.35. The summed E-state index contributed by atoms with van der Waals surface area (Å²) in [5.41, 5.74) is 3.50. The van der Waals surface area contributed by atoms with Crippen molar-refractivity contribution in [2.45, 2.75) is 12.7 Å². The number of anilines is 2. The van der Waals surface area contributed by atoms with Crippen molar-refractivity contribution in [2.24, 2.45) is 0 Å². The van der Waals surface area contributed by atoms with Gasteiger partial charge in [0.1, 0.15) is 17.3 Å². The van der Waals surface area contributed by atoms with Crippen molar-refractivity contribution < 1.29 is 13.5 Å². The Bertz CT molecular complexity index is 966. The summed E-state index contributed by atoms with van der Waals surface area (Å²) in [4.78, 5) is 8.30. The fourth-order valence-corrected chi connectivity index (χ4v) is 3.29. The molecule has 0 fully saturated rings. The molecule has 1 aromatic heterocycles. The number of halogens is 2. The molecule has 3 aromatic rings. The molecule has 0 amide bonds. The van der Waals surface area contributed by atoms with Gasteiger partial charge in [-0.2, -0.15) is 11.8 Å². The predicted octanol–water partition coefficient (Wildman–Crippen LogP) is 5.35. The van der Waals surface area contributed by atoms with E-state index in [1.807, 2.05) is 25.3 Å². The third-order valence-corrected chi connectivity index (χ3v) is 4.49. The Kier molecular flexibility index (Phi) is 5.91. The number of aromatic nitrogens is 2. The maximum absolute atomic E-state index is 14.3. The zero-order valence-electron chi connectivity index (χ0n) is 15.2. The number of nitrogens with zero attached hydrogens (tertiary/aromatic N) is 2. The van der Waals surface area contributed by atoms with E-state index in [1.54, 1.807) is 11.8 Å². The number of benzene rings is 2. The average molecular weight is 387 g/mol. The normalized spacial score (nSPS) is 10.7. The molecule has 0 unspecified atom stereocenters. The van der Waals surface area contributed by atoms with E-state index >= 15 is 0 Å². The Morgan fingerprint density at radius 2 is 1.96 bits per heavy atom. The SMILES string of the molecule is COc1cc(F)ccc1-c1nc(Nc2cc(C)cc(CSC)c2)ncc1F. The fourth-order valence-electron chi connectivity index (χ4n) is 2.79. The molecule has 0 bridgehead atoms. The van der Waals surface area contributed by atoms with Crippen LogP contribution in [0, 0.1) is 18.6 Å². The number of rotatable bonds is 6. The maximum Gasteiger partial charge on any atom is 0.227 e. The van der Waals surface area contributed by atoms with Crippen molar-refractivity contribution >= 4 is 23.4 Å². The molecule has 0 radical (unpaired) electrons. The van der Waals surface area contributed by atoms with Gasteiger partial charge in [0.2, 0.25) is 5.95 Å². The fraction of sp³-hybridized carbons (Fsp3) is 0.200. The number of hydrogen-bond donors (Lipinski definition) is 1. The quantitative estimate of drug-likeness (QED) is 0.618. The van der Waals surface area contributed by atoms with E-state index in [9.17, 15) is 8.78 Å². The Hall–Kier alpha value is -2.67. The minimum Gasteiger partial charge on any atom is -0.496 e. The first-order chi connectivity index (χ1) is 13.0. The highest BCUT2D eigenvalue weighted by Gasteiger charge is 2.15. The summed E-state index contributed by atoms with van der Waals surface area (Å²) in [5.74, 6) is 0.260. The lowest BCUT2D eigenvalue weighted by molar-refractivity contribution is 0.412. The summed E-state index contributed by atoms with van der Waals surface area (Å²) in [6, 6.07) is 9.96. The minimum absolute atomic E-state index is 0.0429. The third kappa shape index (κ3) is 4.54. The molecule has 3 rings (SSSR count). The summed E-state index contributed by atoms with van der Waals surface area (Å²) < 4.78 is 32.9. The molecular weight excluding hydrogens is 368 g/mol. The van der Waals surface area contributed by atoms with Crippen LogP contribution in [0.15, 0.2) is 42.6 Å². The van der Waals surface area contributed by atoms with Crippen molar-refractivity contribution in [3.63, 3.8) is 0 Å². The number of aryl methyl sites for hydroxylation is 1. The smallest absolute Gasteiger partial charge is 0.227 e. The van der Waals surface area contributed by atoms with Gasteiger partial charge >= 0.3 is 0 Å². The van der Waals surface area contributed by atoms with Crippen molar-refractivity contribution in [1.82, 2.24) is 9.97 Å². The number of nitrogens with one attached hydrogen (secondary N) is 1. The summed E-state index contributed by atoms with van der Waals surface area (Å²) in [6.07, 6.45) is 3.13. The third-order valence-electron chi connectivity index (χ3n) is 3.87. The van der Waals surface area contributed by atoms with Gasteiger partial charge in [-0.25, -0.2) is 18.7 Å². The molecule has 0 spiro atoms. The molecule has 4 nitrogen and oxygen atoms in total. The molecule has 140 valence electrons. The zero-order valence-corrected chi connectivity index (χ0v) is 16.0. The van der Waals surface area contributed by atoms with Gasteiger partial charge in [-0.05, 0) is 48.6 Å². The van der Waals surface area contributed by atoms with Crippen molar-refractivity contribution in [2.75, 3.05) is 18.7 Å². The van der Waals surface area contributed by atoms with Gasteiger partial charge in [0.15, 0.2) is 5.82 Å². The predicted molar refractivity (Wildman–Crippen MR) is 106 cm³/mol. The molecule has 0 aliphatic carbocycles. The first kappa shape index (κ1) is 19.1. The van der Waals surface area contributed by atoms with Crippen LogP contribution in [0.5, 0.6) is 5.75 Å². The largest absolute Gasteiger partial charge is 0.496 e. The van der Waals surface area contributed by atoms with Crippen LogP contribution >= 0.6 is 11.8 Å². The number of ether oxygens (including phenoxy) is 1. The van der Waals surface area contributed by atoms with Gasteiger partial charge in [-0.3, -0.25) is 0 Å². The number of hydrogen-bond acceptors (Lipinski definition) is 5. The highest BCUT2D eigenvalue weighted by atomic mass is 32.2. The monoisotopic (exact) mass is 387 g/mol. The molecule has 0 atom stereocenters. The van der Waals surface area contributed by atoms with Crippen LogP contribution in [0.1, 0.15) is 11.1 Å². The van der Waals surface area contributed by atoms with Gasteiger partial charge in [0, 0.05) is 23.1 Å². The molecule has 1 N–H and O–H groups in total. The van der Waals surface area contributed by atoms with Gasteiger partial charge in [0.25, 0.3) is 0 Å². The van der Waals surface area contributed by atoms with E-state index in [4.69, 9.17) is 4.74 Å². The Morgan fingerprint density at radius 1 is 1.15 bits per heavy atom. The molecule has 0 saturated carbocycles. The van der Waals surface area contributed by atoms with E-state index in [0.29, 0.717) is 5.56 Å². The lowest BCUT2D eigenvalue weighted by Crippen LogP contribution is -2.02. The summed E-state index contributed by atoms with van der Waals surface area (Å²) in [5, 5.41) is 3.12. The lowest BCUT2D eigenvalue weighted by Gasteiger charge is -2.12. The first-order valence-electron chi connectivity index (χ1n) is 8.23. The Labute approximate surface area is 161 Å². The standard InChI is InChI=1S/C20H19F2N3OS/c1-12-6-13(11-27-3)8-15(7-12)24-20-23-10-17(22)19(25-20)16-5-4-14(21)9-18(16)26-2/h4-10H,11H2,1-3H3,(H,23,24,25). The highest BCUT2D eigenvalue weighted by Crippen LogP contribution is 2.31. The zero-order chi connectivity index (χ0) is 19.4. The molecule has 0 aliphatic rings. The van der Waals surface area contributed by atoms with E-state index in [-0.39, 0.29) is 17.4 Å². The number of methoxy groups -OCH3 is 1. The van der Waals surface area contributed by atoms with Crippen LogP contribution in [0.4, 0.5) is 20.4 Å². The average Bonchev–Trinajstić information content (AvgIpc) is 2.63. The van der Waals surface area contributed by atoms with Crippen LogP contribution in [0.2, 0.25) is 0 Å². The molecule has 27 heavy (non-hydrogen) atoms. The minimum atomic E-state index is -0.613. The summed E-state index contributed by atoms with van der Waals surface area (Å²) in [6.45, 7) is 2.01. The van der Waals surface area contributed by atoms with Crippen LogP contribution < -0.4 is 10.1 Å². The van der Waals surface area contributed by atoms with Crippen LogP contribution in [-0.4, -0.2) is 23.3 Å². The molecule has 0 saturated heterocycles. The molecule has 1 heterocycles. The topological polar surface area (TPSA) is 47.0 Å². The lowest BCUT2D eigenvalue weighted by atomic mass is 10.1. The molecule has 7 heteroatoms. The van der Waals surface area contributed by atoms with Gasteiger partial charge in [-0.15, -0.1) is 0 Å². The summed E-state index contributed by atoms with van der Waals surface area (Å²) >= 11 is 1.73. The maximum atomic E-state index is 14.3. The van der Waals surface area contributed by atoms with E-state index in [0.717, 1.165) is 23.2 Å². The van der Waals surface area contributed by atoms with Crippen LogP contribution in [0.3, 0.4) is 0 Å². The number of thioether (sulfide) groups is 1. The highest BCUT2D eigenvalue weighted by molar-refractivity contribution is 7.97. The molecular formula is C20H19F2N3OS. The van der Waals surface area contributed by atoms with E-state index < -0.39 is 11.6 Å². The second-order valence-corrected chi connectivity index (χ2v) is 6.87. The van der Waals surface area contributed by atoms with E-state index in [2.05, 4.69) is 21.4 Å². The Balaban J connectivity index is 1.97. The van der Waals surface area contributed by atoms with Crippen LogP contribution in [0.25, 0.3) is 11.3 Å². The second-order valence-electron chi connectivity index (χ2n) is 6.00. The van der Waals surface area contributed by atoms with Gasteiger partial charge < -0.3 is 10.1 Å². The first-order valence-corrected chi connectivity index (χ1v) is 9.62. The summed E-state index contributed by atoms with van der Waals surface area (Å²) in [7, 11) is 1.40. The van der Waals surface area contributed by atoms with Gasteiger partial charge in [-0.1, -0.05) is 6.07 Å². The van der Waals surface area contributed by atoms with Crippen LogP contribution in [-0.2, 0) is 5.75 Å². The van der Waals surface area contributed by atoms with E-state index in [1.165, 1.54) is 30.9 Å². The molecule has 2 aromatic carbocycles. The van der Waals surface area contributed by atoms with Crippen molar-refractivity contribution in [3.8, 4) is 17.0 Å². The van der Waals surface area contributed by atoms with Crippen molar-refractivity contribution in [3.05, 3.63) is 65.4 Å². The molecule has 0 aliphatic heterocycles. The van der Waals surface area contributed by atoms with Gasteiger partial charge in [0.05, 0.1) is 13.3 Å².